The molecule has 0 aliphatic rings. The molecule has 3 N–H and O–H groups in total. The number of nitrogens with one attached hydrogen (secondary N) is 1. The van der Waals surface area contributed by atoms with Gasteiger partial charge >= 0.3 is 5.69 Å². The molecule has 0 bridgehead atoms. The van der Waals surface area contributed by atoms with Crippen molar-refractivity contribution in [2.45, 2.75) is 13.0 Å². The lowest BCUT2D eigenvalue weighted by Crippen LogP contribution is -2.25. The van der Waals surface area contributed by atoms with Crippen LogP contribution in [0, 0.1) is 10.1 Å². The quantitative estimate of drug-likeness (QED) is 0.392. The maximum Gasteiger partial charge on any atom is 0.315 e. The van der Waals surface area contributed by atoms with Gasteiger partial charge in [0.25, 0.3) is 5.91 Å². The Bertz CT molecular complexity index is 823. The predicted octanol–water partition coefficient (Wildman–Crippen LogP) is 1.88. The first-order valence-electron chi connectivity index (χ1n) is 7.64. The molecule has 0 spiro atoms. The molecule has 1 amide bonds. The topological polar surface area (TPSA) is 134 Å². The number of hydrogen-bond donors (Lipinski definition) is 3. The van der Waals surface area contributed by atoms with Crippen LogP contribution >= 0.6 is 0 Å². The summed E-state index contributed by atoms with van der Waals surface area (Å²) in [6, 6.07) is 10.7. The third-order valence-corrected chi connectivity index (χ3v) is 3.33. The number of nitrogens with zero attached hydrogens (tertiary/aromatic N) is 2. The summed E-state index contributed by atoms with van der Waals surface area (Å²) in [4.78, 5) is 22.1. The molecule has 136 valence electrons. The molecule has 0 unspecified atom stereocenters. The van der Waals surface area contributed by atoms with Crippen molar-refractivity contribution in [2.75, 3.05) is 6.61 Å². The summed E-state index contributed by atoms with van der Waals surface area (Å²) in [6.45, 7) is 1.86. The third-order valence-electron chi connectivity index (χ3n) is 3.33. The number of ether oxygens (including phenoxy) is 1. The van der Waals surface area contributed by atoms with Gasteiger partial charge in [-0.3, -0.25) is 14.9 Å². The van der Waals surface area contributed by atoms with Crippen LogP contribution < -0.4 is 10.2 Å². The zero-order valence-electron chi connectivity index (χ0n) is 13.8. The lowest BCUT2D eigenvalue weighted by Gasteiger charge is -2.09. The van der Waals surface area contributed by atoms with E-state index in [0.29, 0.717) is 5.56 Å². The molecular formula is C17H17N3O6. The molecule has 0 saturated carbocycles. The molecule has 0 aliphatic heterocycles. The van der Waals surface area contributed by atoms with Gasteiger partial charge in [0.1, 0.15) is 0 Å². The van der Waals surface area contributed by atoms with E-state index in [1.807, 2.05) is 0 Å². The first-order chi connectivity index (χ1) is 12.4. The van der Waals surface area contributed by atoms with Crippen molar-refractivity contribution in [1.29, 1.82) is 0 Å². The number of carbonyl (C=O) groups is 1. The Kier molecular flexibility index (Phi) is 6.23. The summed E-state index contributed by atoms with van der Waals surface area (Å²) in [5.41, 5.74) is 2.23. The summed E-state index contributed by atoms with van der Waals surface area (Å²) >= 11 is 0. The fourth-order valence-electron chi connectivity index (χ4n) is 2.11. The van der Waals surface area contributed by atoms with Crippen molar-refractivity contribution in [3.8, 4) is 11.5 Å². The van der Waals surface area contributed by atoms with Crippen molar-refractivity contribution < 1.29 is 24.7 Å². The third kappa shape index (κ3) is 4.54. The zero-order chi connectivity index (χ0) is 19.1. The fourth-order valence-corrected chi connectivity index (χ4v) is 2.11. The van der Waals surface area contributed by atoms with Crippen LogP contribution in [0.4, 0.5) is 5.69 Å². The minimum atomic E-state index is -1.40. The van der Waals surface area contributed by atoms with Gasteiger partial charge in [0.2, 0.25) is 5.75 Å². The van der Waals surface area contributed by atoms with Gasteiger partial charge in [0, 0.05) is 11.6 Å². The van der Waals surface area contributed by atoms with Gasteiger partial charge in [0.15, 0.2) is 11.9 Å². The zero-order valence-corrected chi connectivity index (χ0v) is 13.8. The van der Waals surface area contributed by atoms with Crippen molar-refractivity contribution in [1.82, 2.24) is 5.43 Å². The molecule has 9 heteroatoms. The Morgan fingerprint density at radius 2 is 2.08 bits per heavy atom. The highest BCUT2D eigenvalue weighted by Crippen LogP contribution is 2.36. The lowest BCUT2D eigenvalue weighted by atomic mass is 10.1. The van der Waals surface area contributed by atoms with E-state index in [1.54, 1.807) is 37.3 Å². The standard InChI is InChI=1S/C17H17N3O6/c1-2-26-14-9-11(8-13(16(14)22)20(24)25)10-18-19-17(23)15(21)12-6-4-3-5-7-12/h3-10,15,21-22H,2H2,1H3,(H,19,23)/b18-10-/t15-/m1/s1. The molecule has 0 fully saturated rings. The number of hydrogen-bond acceptors (Lipinski definition) is 7. The molecule has 0 heterocycles. The molecule has 9 nitrogen and oxygen atoms in total. The number of hydrazone groups is 1. The van der Waals surface area contributed by atoms with Crippen LogP contribution in [-0.4, -0.2) is 33.9 Å². The van der Waals surface area contributed by atoms with Crippen molar-refractivity contribution in [2.24, 2.45) is 5.10 Å². The van der Waals surface area contributed by atoms with Crippen LogP contribution in [0.2, 0.25) is 0 Å². The van der Waals surface area contributed by atoms with Crippen LogP contribution in [0.15, 0.2) is 47.6 Å². The van der Waals surface area contributed by atoms with E-state index in [0.717, 1.165) is 12.3 Å². The molecule has 0 aliphatic carbocycles. The Hall–Kier alpha value is -3.46. The second-order valence-electron chi connectivity index (χ2n) is 5.12. The van der Waals surface area contributed by atoms with Gasteiger partial charge in [-0.05, 0) is 18.6 Å². The number of benzene rings is 2. The second-order valence-corrected chi connectivity index (χ2v) is 5.12. The SMILES string of the molecule is CCOc1cc(/C=N\NC(=O)[C@H](O)c2ccccc2)cc([N+](=O)[O-])c1O. The van der Waals surface area contributed by atoms with Gasteiger partial charge in [-0.15, -0.1) is 0 Å². The minimum absolute atomic E-state index is 0.0706. The van der Waals surface area contributed by atoms with E-state index in [9.17, 15) is 25.1 Å². The Labute approximate surface area is 148 Å². The van der Waals surface area contributed by atoms with Gasteiger partial charge < -0.3 is 14.9 Å². The van der Waals surface area contributed by atoms with Gasteiger partial charge in [0.05, 0.1) is 17.7 Å². The molecule has 0 radical (unpaired) electrons. The Balaban J connectivity index is 2.14. The largest absolute Gasteiger partial charge is 0.500 e. The maximum atomic E-state index is 11.9. The van der Waals surface area contributed by atoms with E-state index in [4.69, 9.17) is 4.74 Å². The highest BCUT2D eigenvalue weighted by Gasteiger charge is 2.20. The summed E-state index contributed by atoms with van der Waals surface area (Å²) in [6.07, 6.45) is -0.258. The minimum Gasteiger partial charge on any atom is -0.500 e. The summed E-state index contributed by atoms with van der Waals surface area (Å²) in [5, 5.41) is 34.4. The summed E-state index contributed by atoms with van der Waals surface area (Å²) < 4.78 is 5.15. The number of rotatable bonds is 7. The van der Waals surface area contributed by atoms with E-state index < -0.39 is 28.4 Å². The van der Waals surface area contributed by atoms with E-state index in [-0.39, 0.29) is 17.9 Å². The van der Waals surface area contributed by atoms with Gasteiger partial charge in [-0.2, -0.15) is 5.10 Å². The number of carbonyl (C=O) groups excluding carboxylic acids is 1. The number of nitro groups is 1. The highest BCUT2D eigenvalue weighted by atomic mass is 16.6. The van der Waals surface area contributed by atoms with E-state index in [2.05, 4.69) is 10.5 Å². The van der Waals surface area contributed by atoms with Crippen molar-refractivity contribution >= 4 is 17.8 Å². The molecule has 0 aromatic heterocycles. The molecule has 2 aromatic carbocycles. The number of amides is 1. The van der Waals surface area contributed by atoms with Crippen LogP contribution in [0.1, 0.15) is 24.2 Å². The van der Waals surface area contributed by atoms with Crippen LogP contribution in [0.5, 0.6) is 11.5 Å². The average Bonchev–Trinajstić information content (AvgIpc) is 2.64. The highest BCUT2D eigenvalue weighted by molar-refractivity contribution is 5.86. The molecular weight excluding hydrogens is 342 g/mol. The maximum absolute atomic E-state index is 11.9. The number of nitro benzene ring substituents is 1. The Morgan fingerprint density at radius 3 is 2.69 bits per heavy atom. The van der Waals surface area contributed by atoms with Crippen molar-refractivity contribution in [3.63, 3.8) is 0 Å². The normalized spacial score (nSPS) is 11.9. The van der Waals surface area contributed by atoms with E-state index in [1.165, 1.54) is 6.07 Å². The molecule has 0 saturated heterocycles. The number of aromatic hydroxyl groups is 1. The molecule has 1 atom stereocenters. The number of phenols is 1. The van der Waals surface area contributed by atoms with Gasteiger partial charge in [-0.1, -0.05) is 30.3 Å². The number of aliphatic hydroxyl groups excluding tert-OH is 1. The monoisotopic (exact) mass is 359 g/mol. The molecule has 2 rings (SSSR count). The first kappa shape index (κ1) is 18.9. The first-order valence-corrected chi connectivity index (χ1v) is 7.64. The number of phenolic OH excluding ortho intramolecular Hbond substituents is 1. The van der Waals surface area contributed by atoms with Crippen molar-refractivity contribution in [3.05, 3.63) is 63.7 Å². The van der Waals surface area contributed by atoms with Gasteiger partial charge in [-0.25, -0.2) is 5.43 Å². The van der Waals surface area contributed by atoms with Crippen LogP contribution in [0.25, 0.3) is 0 Å². The lowest BCUT2D eigenvalue weighted by molar-refractivity contribution is -0.386. The fraction of sp³-hybridized carbons (Fsp3) is 0.176. The van der Waals surface area contributed by atoms with E-state index >= 15 is 0 Å². The smallest absolute Gasteiger partial charge is 0.315 e. The van der Waals surface area contributed by atoms with Crippen LogP contribution in [-0.2, 0) is 4.79 Å². The summed E-state index contributed by atoms with van der Waals surface area (Å²) in [7, 11) is 0. The van der Waals surface area contributed by atoms with Crippen LogP contribution in [0.3, 0.4) is 0 Å². The average molecular weight is 359 g/mol. The predicted molar refractivity (Wildman–Crippen MR) is 93.1 cm³/mol. The second kappa shape index (κ2) is 8.58. The number of aliphatic hydroxyl groups is 1. The summed E-state index contributed by atoms with van der Waals surface area (Å²) in [5.74, 6) is -1.41. The Morgan fingerprint density at radius 1 is 1.38 bits per heavy atom. The molecule has 2 aromatic rings. The molecule has 26 heavy (non-hydrogen) atoms.